The number of aliphatic hydroxyl groups excluding tert-OH is 1. The minimum absolute atomic E-state index is 0.0884. The molecule has 4 heteroatoms. The van der Waals surface area contributed by atoms with Crippen molar-refractivity contribution in [1.82, 2.24) is 5.32 Å². The van der Waals surface area contributed by atoms with E-state index < -0.39 is 0 Å². The summed E-state index contributed by atoms with van der Waals surface area (Å²) >= 11 is 0. The number of methoxy groups -OCH3 is 2. The van der Waals surface area contributed by atoms with E-state index in [1.54, 1.807) is 14.2 Å². The smallest absolute Gasteiger partial charge is 0.122 e. The van der Waals surface area contributed by atoms with Crippen molar-refractivity contribution in [2.45, 2.75) is 24.9 Å². The Balaban J connectivity index is 1.82. The number of ether oxygens (including phenoxy) is 2. The van der Waals surface area contributed by atoms with Gasteiger partial charge in [0.25, 0.3) is 0 Å². The van der Waals surface area contributed by atoms with Gasteiger partial charge in [0.15, 0.2) is 0 Å². The van der Waals surface area contributed by atoms with E-state index in [1.807, 2.05) is 24.3 Å². The van der Waals surface area contributed by atoms with Crippen molar-refractivity contribution < 1.29 is 14.6 Å². The van der Waals surface area contributed by atoms with Crippen molar-refractivity contribution in [3.8, 4) is 11.5 Å². The molecule has 1 atom stereocenters. The van der Waals surface area contributed by atoms with Crippen LogP contribution in [0.2, 0.25) is 0 Å². The van der Waals surface area contributed by atoms with Gasteiger partial charge in [0.1, 0.15) is 11.5 Å². The van der Waals surface area contributed by atoms with Crippen LogP contribution in [0.1, 0.15) is 23.1 Å². The Labute approximate surface area is 137 Å². The fourth-order valence-corrected chi connectivity index (χ4v) is 3.33. The molecular weight excluding hydrogens is 290 g/mol. The van der Waals surface area contributed by atoms with Gasteiger partial charge >= 0.3 is 0 Å². The van der Waals surface area contributed by atoms with Gasteiger partial charge < -0.3 is 19.9 Å². The minimum Gasteiger partial charge on any atom is -0.497 e. The summed E-state index contributed by atoms with van der Waals surface area (Å²) in [5.41, 5.74) is 3.22. The van der Waals surface area contributed by atoms with Crippen LogP contribution in [0.4, 0.5) is 0 Å². The number of hydrogen-bond acceptors (Lipinski definition) is 4. The third kappa shape index (κ3) is 3.05. The van der Waals surface area contributed by atoms with Crippen LogP contribution in [0, 0.1) is 0 Å². The second-order valence-corrected chi connectivity index (χ2v) is 5.97. The Hall–Kier alpha value is -2.04. The molecule has 0 bridgehead atoms. The lowest BCUT2D eigenvalue weighted by Crippen LogP contribution is -2.43. The van der Waals surface area contributed by atoms with Gasteiger partial charge in [-0.3, -0.25) is 0 Å². The zero-order valence-corrected chi connectivity index (χ0v) is 13.6. The summed E-state index contributed by atoms with van der Waals surface area (Å²) in [5, 5.41) is 13.6. The number of benzene rings is 2. The first-order valence-corrected chi connectivity index (χ1v) is 7.87. The van der Waals surface area contributed by atoms with Crippen LogP contribution in [-0.4, -0.2) is 25.9 Å². The zero-order chi connectivity index (χ0) is 16.3. The topological polar surface area (TPSA) is 50.7 Å². The highest BCUT2D eigenvalue weighted by Gasteiger charge is 2.37. The van der Waals surface area contributed by atoms with Crippen molar-refractivity contribution in [3.05, 3.63) is 59.2 Å². The monoisotopic (exact) mass is 313 g/mol. The van der Waals surface area contributed by atoms with Crippen LogP contribution in [0.15, 0.2) is 42.5 Å². The molecule has 0 spiro atoms. The van der Waals surface area contributed by atoms with E-state index in [4.69, 9.17) is 9.47 Å². The molecule has 4 nitrogen and oxygen atoms in total. The lowest BCUT2D eigenvalue weighted by atomic mass is 9.92. The molecule has 0 saturated heterocycles. The highest BCUT2D eigenvalue weighted by Crippen LogP contribution is 2.37. The maximum Gasteiger partial charge on any atom is 0.122 e. The number of aryl methyl sites for hydroxylation is 1. The summed E-state index contributed by atoms with van der Waals surface area (Å²) < 4.78 is 10.6. The first-order valence-electron chi connectivity index (χ1n) is 7.87. The number of fused-ring (bicyclic) bond motifs is 1. The van der Waals surface area contributed by atoms with Crippen LogP contribution < -0.4 is 14.8 Å². The number of rotatable bonds is 6. The van der Waals surface area contributed by atoms with Crippen molar-refractivity contribution in [2.24, 2.45) is 0 Å². The summed E-state index contributed by atoms with van der Waals surface area (Å²) in [6, 6.07) is 14.2. The SMILES string of the molecule is COc1cc(CNC2(CO)CCc3ccccc32)cc(OC)c1. The van der Waals surface area contributed by atoms with Crippen molar-refractivity contribution in [3.63, 3.8) is 0 Å². The van der Waals surface area contributed by atoms with Gasteiger partial charge in [0.05, 0.1) is 26.4 Å². The van der Waals surface area contributed by atoms with Gasteiger partial charge in [-0.2, -0.15) is 0 Å². The van der Waals surface area contributed by atoms with Gasteiger partial charge in [-0.1, -0.05) is 24.3 Å². The summed E-state index contributed by atoms with van der Waals surface area (Å²) in [4.78, 5) is 0. The average Bonchev–Trinajstić information content (AvgIpc) is 2.99. The Morgan fingerprint density at radius 1 is 1.09 bits per heavy atom. The van der Waals surface area contributed by atoms with E-state index in [2.05, 4.69) is 23.5 Å². The molecule has 0 fully saturated rings. The molecule has 0 saturated carbocycles. The molecule has 1 unspecified atom stereocenters. The Morgan fingerprint density at radius 3 is 2.43 bits per heavy atom. The normalized spacial score (nSPS) is 19.4. The molecule has 0 amide bonds. The molecule has 3 rings (SSSR count). The number of aliphatic hydroxyl groups is 1. The predicted molar refractivity (Wildman–Crippen MR) is 89.9 cm³/mol. The molecule has 1 aliphatic carbocycles. The van der Waals surface area contributed by atoms with Crippen LogP contribution in [-0.2, 0) is 18.5 Å². The highest BCUT2D eigenvalue weighted by atomic mass is 16.5. The lowest BCUT2D eigenvalue weighted by Gasteiger charge is -2.30. The molecule has 122 valence electrons. The number of nitrogens with one attached hydrogen (secondary N) is 1. The quantitative estimate of drug-likeness (QED) is 0.861. The van der Waals surface area contributed by atoms with E-state index in [9.17, 15) is 5.11 Å². The molecule has 1 aliphatic rings. The van der Waals surface area contributed by atoms with Gasteiger partial charge in [0.2, 0.25) is 0 Å². The minimum atomic E-state index is -0.368. The molecule has 2 aromatic rings. The van der Waals surface area contributed by atoms with Gasteiger partial charge in [-0.25, -0.2) is 0 Å². The average molecular weight is 313 g/mol. The Bertz CT molecular complexity index is 664. The summed E-state index contributed by atoms with van der Waals surface area (Å²) in [5.74, 6) is 1.54. The first-order chi connectivity index (χ1) is 11.2. The van der Waals surface area contributed by atoms with E-state index >= 15 is 0 Å². The second-order valence-electron chi connectivity index (χ2n) is 5.97. The summed E-state index contributed by atoms with van der Waals surface area (Å²) in [6.45, 7) is 0.730. The number of hydrogen-bond donors (Lipinski definition) is 2. The van der Waals surface area contributed by atoms with Crippen molar-refractivity contribution >= 4 is 0 Å². The van der Waals surface area contributed by atoms with Crippen LogP contribution in [0.3, 0.4) is 0 Å². The maximum absolute atomic E-state index is 10.0. The first kappa shape index (κ1) is 15.8. The molecule has 2 N–H and O–H groups in total. The van der Waals surface area contributed by atoms with E-state index in [0.717, 1.165) is 29.9 Å². The molecule has 0 aromatic heterocycles. The molecular formula is C19H23NO3. The summed E-state index contributed by atoms with van der Waals surface area (Å²) in [6.07, 6.45) is 1.90. The molecule has 2 aromatic carbocycles. The van der Waals surface area contributed by atoms with Gasteiger partial charge in [-0.05, 0) is 41.7 Å². The van der Waals surface area contributed by atoms with Crippen LogP contribution in [0.5, 0.6) is 11.5 Å². The highest BCUT2D eigenvalue weighted by molar-refractivity contribution is 5.41. The van der Waals surface area contributed by atoms with E-state index in [-0.39, 0.29) is 12.1 Å². The third-order valence-electron chi connectivity index (χ3n) is 4.67. The zero-order valence-electron chi connectivity index (χ0n) is 13.6. The van der Waals surface area contributed by atoms with E-state index in [0.29, 0.717) is 6.54 Å². The molecule has 0 heterocycles. The van der Waals surface area contributed by atoms with Crippen molar-refractivity contribution in [2.75, 3.05) is 20.8 Å². The lowest BCUT2D eigenvalue weighted by molar-refractivity contribution is 0.159. The van der Waals surface area contributed by atoms with Crippen LogP contribution >= 0.6 is 0 Å². The molecule has 0 aliphatic heterocycles. The predicted octanol–water partition coefficient (Wildman–Crippen LogP) is 2.63. The Kier molecular flexibility index (Phi) is 4.55. The largest absolute Gasteiger partial charge is 0.497 e. The van der Waals surface area contributed by atoms with E-state index in [1.165, 1.54) is 11.1 Å². The van der Waals surface area contributed by atoms with Gasteiger partial charge in [-0.15, -0.1) is 0 Å². The maximum atomic E-state index is 10.0. The molecule has 0 radical (unpaired) electrons. The standard InChI is InChI=1S/C19H23NO3/c1-22-16-9-14(10-17(11-16)23-2)12-20-19(13-21)8-7-15-5-3-4-6-18(15)19/h3-6,9-11,20-21H,7-8,12-13H2,1-2H3. The van der Waals surface area contributed by atoms with Crippen molar-refractivity contribution in [1.29, 1.82) is 0 Å². The second kappa shape index (κ2) is 6.60. The van der Waals surface area contributed by atoms with Gasteiger partial charge in [0, 0.05) is 12.6 Å². The molecule has 23 heavy (non-hydrogen) atoms. The fraction of sp³-hybridized carbons (Fsp3) is 0.368. The fourth-order valence-electron chi connectivity index (χ4n) is 3.33. The van der Waals surface area contributed by atoms with Crippen LogP contribution in [0.25, 0.3) is 0 Å². The third-order valence-corrected chi connectivity index (χ3v) is 4.67. The Morgan fingerprint density at radius 2 is 1.78 bits per heavy atom. The summed E-state index contributed by atoms with van der Waals surface area (Å²) in [7, 11) is 3.29.